The summed E-state index contributed by atoms with van der Waals surface area (Å²) in [4.78, 5) is 25.1. The van der Waals surface area contributed by atoms with Crippen molar-refractivity contribution in [2.45, 2.75) is 5.75 Å². The summed E-state index contributed by atoms with van der Waals surface area (Å²) in [7, 11) is 0. The van der Waals surface area contributed by atoms with Crippen molar-refractivity contribution in [3.8, 4) is 11.1 Å². The molecule has 0 atom stereocenters. The lowest BCUT2D eigenvalue weighted by atomic mass is 10.1. The molecule has 0 amide bonds. The van der Waals surface area contributed by atoms with Crippen LogP contribution in [0.2, 0.25) is 5.02 Å². The summed E-state index contributed by atoms with van der Waals surface area (Å²) >= 11 is 8.97. The predicted molar refractivity (Wildman–Crippen MR) is 110 cm³/mol. The average Bonchev–Trinajstić information content (AvgIpc) is 3.23. The number of hydrogen-bond acceptors (Lipinski definition) is 6. The fourth-order valence-electron chi connectivity index (χ4n) is 2.51. The van der Waals surface area contributed by atoms with Crippen molar-refractivity contribution < 1.29 is 0 Å². The van der Waals surface area contributed by atoms with Crippen LogP contribution in [-0.4, -0.2) is 28.2 Å². The standard InChI is InChI=1S/C16H13ClN4OS2.ClH/c17-10-3-1-9(2-4-10)11-7-23-15-13(11)14(22)20-12(21-15)8-24-16-18-5-6-19-16;/h1-4,7H,5-6,8H2,(H,18,19)(H,20,21,22);1H. The summed E-state index contributed by atoms with van der Waals surface area (Å²) in [6.45, 7) is 1.68. The highest BCUT2D eigenvalue weighted by atomic mass is 35.5. The molecule has 130 valence electrons. The lowest BCUT2D eigenvalue weighted by Gasteiger charge is -2.03. The summed E-state index contributed by atoms with van der Waals surface area (Å²) < 4.78 is 0. The first-order chi connectivity index (χ1) is 11.7. The van der Waals surface area contributed by atoms with Gasteiger partial charge >= 0.3 is 0 Å². The number of thioether (sulfide) groups is 1. The molecule has 3 heterocycles. The monoisotopic (exact) mass is 412 g/mol. The summed E-state index contributed by atoms with van der Waals surface area (Å²) in [6.07, 6.45) is 0. The first-order valence-electron chi connectivity index (χ1n) is 7.38. The van der Waals surface area contributed by atoms with Crippen LogP contribution in [0.25, 0.3) is 21.3 Å². The van der Waals surface area contributed by atoms with Crippen molar-refractivity contribution in [1.82, 2.24) is 15.3 Å². The van der Waals surface area contributed by atoms with Crippen LogP contribution in [0.5, 0.6) is 0 Å². The van der Waals surface area contributed by atoms with E-state index in [0.29, 0.717) is 22.0 Å². The Morgan fingerprint density at radius 2 is 2.08 bits per heavy atom. The molecule has 1 aliphatic rings. The smallest absolute Gasteiger partial charge is 0.260 e. The van der Waals surface area contributed by atoms with E-state index < -0.39 is 0 Å². The van der Waals surface area contributed by atoms with E-state index in [1.165, 1.54) is 11.3 Å². The first-order valence-corrected chi connectivity index (χ1v) is 9.62. The maximum atomic E-state index is 12.5. The van der Waals surface area contributed by atoms with Gasteiger partial charge in [-0.1, -0.05) is 35.5 Å². The van der Waals surface area contributed by atoms with E-state index in [2.05, 4.69) is 20.3 Å². The van der Waals surface area contributed by atoms with Gasteiger partial charge in [0.05, 0.1) is 17.7 Å². The molecule has 2 aromatic heterocycles. The first kappa shape index (κ1) is 18.3. The Labute approximate surface area is 163 Å². The topological polar surface area (TPSA) is 70.1 Å². The average molecular weight is 413 g/mol. The number of amidine groups is 1. The van der Waals surface area contributed by atoms with E-state index >= 15 is 0 Å². The van der Waals surface area contributed by atoms with Gasteiger partial charge in [-0.3, -0.25) is 9.79 Å². The number of halogens is 2. The van der Waals surface area contributed by atoms with Crippen molar-refractivity contribution in [2.75, 3.05) is 13.1 Å². The number of aromatic amines is 1. The van der Waals surface area contributed by atoms with Gasteiger partial charge in [0.2, 0.25) is 0 Å². The molecule has 3 aromatic rings. The van der Waals surface area contributed by atoms with E-state index in [-0.39, 0.29) is 18.0 Å². The third kappa shape index (κ3) is 3.84. The zero-order chi connectivity index (χ0) is 16.5. The van der Waals surface area contributed by atoms with Gasteiger partial charge in [-0.15, -0.1) is 23.7 Å². The van der Waals surface area contributed by atoms with Gasteiger partial charge in [0, 0.05) is 22.5 Å². The summed E-state index contributed by atoms with van der Waals surface area (Å²) in [6, 6.07) is 7.47. The van der Waals surface area contributed by atoms with Crippen LogP contribution in [-0.2, 0) is 5.75 Å². The van der Waals surface area contributed by atoms with Crippen LogP contribution in [0.1, 0.15) is 5.82 Å². The Bertz CT molecular complexity index is 982. The number of rotatable bonds is 3. The van der Waals surface area contributed by atoms with Gasteiger partial charge in [-0.05, 0) is 17.7 Å². The van der Waals surface area contributed by atoms with Crippen molar-refractivity contribution in [3.05, 3.63) is 50.8 Å². The van der Waals surface area contributed by atoms with E-state index in [1.807, 2.05) is 29.6 Å². The van der Waals surface area contributed by atoms with Crippen LogP contribution in [0, 0.1) is 0 Å². The Morgan fingerprint density at radius 3 is 2.80 bits per heavy atom. The molecule has 25 heavy (non-hydrogen) atoms. The molecule has 1 aliphatic heterocycles. The molecule has 4 rings (SSSR count). The van der Waals surface area contributed by atoms with E-state index in [9.17, 15) is 4.79 Å². The zero-order valence-corrected chi connectivity index (χ0v) is 16.1. The Morgan fingerprint density at radius 1 is 1.28 bits per heavy atom. The van der Waals surface area contributed by atoms with E-state index in [4.69, 9.17) is 11.6 Å². The van der Waals surface area contributed by atoms with Gasteiger partial charge in [0.1, 0.15) is 10.7 Å². The lowest BCUT2D eigenvalue weighted by Crippen LogP contribution is -2.16. The second-order valence-electron chi connectivity index (χ2n) is 5.25. The molecular weight excluding hydrogens is 399 g/mol. The number of fused-ring (bicyclic) bond motifs is 1. The molecule has 0 unspecified atom stereocenters. The lowest BCUT2D eigenvalue weighted by molar-refractivity contribution is 0.963. The van der Waals surface area contributed by atoms with E-state index in [0.717, 1.165) is 34.2 Å². The molecule has 5 nitrogen and oxygen atoms in total. The van der Waals surface area contributed by atoms with Gasteiger partial charge in [-0.25, -0.2) is 4.98 Å². The maximum Gasteiger partial charge on any atom is 0.260 e. The molecule has 0 radical (unpaired) electrons. The molecule has 0 saturated heterocycles. The third-order valence-electron chi connectivity index (χ3n) is 3.64. The van der Waals surface area contributed by atoms with Crippen molar-refractivity contribution in [1.29, 1.82) is 0 Å². The number of hydrogen-bond donors (Lipinski definition) is 2. The van der Waals surface area contributed by atoms with Gasteiger partial charge in [0.25, 0.3) is 5.56 Å². The number of benzene rings is 1. The largest absolute Gasteiger partial charge is 0.363 e. The molecular formula is C16H14Cl2N4OS2. The fraction of sp³-hybridized carbons (Fsp3) is 0.188. The minimum atomic E-state index is -0.108. The molecule has 0 saturated carbocycles. The Balaban J connectivity index is 0.00000182. The molecule has 0 spiro atoms. The zero-order valence-electron chi connectivity index (χ0n) is 12.9. The summed E-state index contributed by atoms with van der Waals surface area (Å²) in [5.41, 5.74) is 1.74. The van der Waals surface area contributed by atoms with Crippen molar-refractivity contribution in [3.63, 3.8) is 0 Å². The molecule has 2 N–H and O–H groups in total. The second kappa shape index (κ2) is 7.78. The number of aromatic nitrogens is 2. The molecule has 0 aliphatic carbocycles. The normalized spacial score (nSPS) is 13.4. The Hall–Kier alpha value is -1.54. The quantitative estimate of drug-likeness (QED) is 0.683. The van der Waals surface area contributed by atoms with Crippen LogP contribution in [0.4, 0.5) is 0 Å². The SMILES string of the molecule is Cl.O=c1[nH]c(CSC2=NCCN2)nc2scc(-c3ccc(Cl)cc3)c12. The van der Waals surface area contributed by atoms with Crippen LogP contribution >= 0.6 is 47.1 Å². The molecule has 9 heteroatoms. The number of aliphatic imine (C=N–C) groups is 1. The number of nitrogens with one attached hydrogen (secondary N) is 2. The minimum Gasteiger partial charge on any atom is -0.363 e. The predicted octanol–water partition coefficient (Wildman–Crippen LogP) is 3.92. The van der Waals surface area contributed by atoms with Gasteiger partial charge in [0.15, 0.2) is 5.17 Å². The number of nitrogens with zero attached hydrogens (tertiary/aromatic N) is 2. The molecule has 1 aromatic carbocycles. The van der Waals surface area contributed by atoms with Crippen LogP contribution in [0.3, 0.4) is 0 Å². The highest BCUT2D eigenvalue weighted by Crippen LogP contribution is 2.31. The van der Waals surface area contributed by atoms with Crippen molar-refractivity contribution in [2.24, 2.45) is 4.99 Å². The second-order valence-corrected chi connectivity index (χ2v) is 7.51. The molecule has 0 bridgehead atoms. The molecule has 0 fully saturated rings. The fourth-order valence-corrected chi connectivity index (χ4v) is 4.40. The van der Waals surface area contributed by atoms with Crippen LogP contribution in [0.15, 0.2) is 39.4 Å². The number of H-pyrrole nitrogens is 1. The third-order valence-corrected chi connectivity index (χ3v) is 5.73. The highest BCUT2D eigenvalue weighted by Gasteiger charge is 2.14. The van der Waals surface area contributed by atoms with Crippen molar-refractivity contribution >= 4 is 62.5 Å². The van der Waals surface area contributed by atoms with Crippen LogP contribution < -0.4 is 10.9 Å². The summed E-state index contributed by atoms with van der Waals surface area (Å²) in [5, 5.41) is 7.38. The Kier molecular flexibility index (Phi) is 5.68. The minimum absolute atomic E-state index is 0. The van der Waals surface area contributed by atoms with Gasteiger partial charge in [-0.2, -0.15) is 0 Å². The maximum absolute atomic E-state index is 12.5. The summed E-state index contributed by atoms with van der Waals surface area (Å²) in [5.74, 6) is 1.25. The van der Waals surface area contributed by atoms with E-state index in [1.54, 1.807) is 11.8 Å². The van der Waals surface area contributed by atoms with Gasteiger partial charge < -0.3 is 10.3 Å². The highest BCUT2D eigenvalue weighted by molar-refractivity contribution is 8.13. The number of thiophene rings is 1.